The molecule has 1 N–H and O–H groups in total. The lowest BCUT2D eigenvalue weighted by atomic mass is 10.1. The van der Waals surface area contributed by atoms with Gasteiger partial charge in [0, 0.05) is 24.8 Å². The zero-order chi connectivity index (χ0) is 20.2. The van der Waals surface area contributed by atoms with Gasteiger partial charge in [0.05, 0.1) is 0 Å². The fourth-order valence-electron chi connectivity index (χ4n) is 2.27. The van der Waals surface area contributed by atoms with Crippen molar-refractivity contribution in [3.63, 3.8) is 0 Å². The van der Waals surface area contributed by atoms with Crippen LogP contribution in [0.15, 0.2) is 48.5 Å². The number of carboxylic acids is 1. The molecule has 0 aliphatic heterocycles. The predicted molar refractivity (Wildman–Crippen MR) is 102 cm³/mol. The van der Waals surface area contributed by atoms with Crippen LogP contribution in [0.4, 0.5) is 4.39 Å². The van der Waals surface area contributed by atoms with Gasteiger partial charge in [-0.2, -0.15) is 0 Å². The second-order valence-electron chi connectivity index (χ2n) is 6.36. The molecule has 0 radical (unpaired) electrons. The minimum atomic E-state index is -0.716. The highest BCUT2D eigenvalue weighted by Crippen LogP contribution is 2.08. The zero-order valence-corrected chi connectivity index (χ0v) is 15.7. The Morgan fingerprint density at radius 2 is 1.48 bits per heavy atom. The van der Waals surface area contributed by atoms with Crippen LogP contribution in [0, 0.1) is 12.7 Å². The number of aliphatic carboxylic acids is 1. The standard InChI is InChI=1S/C11H11FO2.C11H14O2/c1-8(13)2-7-11(14)9-3-5-10(12)6-4-9;1-9-5-7-10(8-6-9)3-2-4-11(12)13/h3-6H,2,7H2,1H3;5-8H,2-4H2,1H3,(H,12,13). The first kappa shape index (κ1) is 22.2. The van der Waals surface area contributed by atoms with Crippen LogP contribution < -0.4 is 0 Å². The summed E-state index contributed by atoms with van der Waals surface area (Å²) in [5.41, 5.74) is 2.90. The zero-order valence-electron chi connectivity index (χ0n) is 15.7. The smallest absolute Gasteiger partial charge is 0.303 e. The summed E-state index contributed by atoms with van der Waals surface area (Å²) in [5, 5.41) is 8.44. The van der Waals surface area contributed by atoms with Gasteiger partial charge in [0.2, 0.25) is 0 Å². The van der Waals surface area contributed by atoms with Crippen LogP contribution in [0.5, 0.6) is 0 Å². The first-order chi connectivity index (χ1) is 12.8. The van der Waals surface area contributed by atoms with E-state index in [-0.39, 0.29) is 36.6 Å². The van der Waals surface area contributed by atoms with Gasteiger partial charge in [0.25, 0.3) is 0 Å². The molecule has 4 nitrogen and oxygen atoms in total. The van der Waals surface area contributed by atoms with Gasteiger partial charge >= 0.3 is 5.97 Å². The molecule has 0 saturated heterocycles. The van der Waals surface area contributed by atoms with Gasteiger partial charge in [0.1, 0.15) is 11.6 Å². The minimum absolute atomic E-state index is 0.0135. The lowest BCUT2D eigenvalue weighted by molar-refractivity contribution is -0.137. The summed E-state index contributed by atoms with van der Waals surface area (Å²) in [7, 11) is 0. The highest BCUT2D eigenvalue weighted by molar-refractivity contribution is 5.97. The van der Waals surface area contributed by atoms with Crippen molar-refractivity contribution < 1.29 is 23.9 Å². The van der Waals surface area contributed by atoms with E-state index in [9.17, 15) is 18.8 Å². The predicted octanol–water partition coefficient (Wildman–Crippen LogP) is 4.78. The van der Waals surface area contributed by atoms with E-state index in [0.29, 0.717) is 5.56 Å². The maximum Gasteiger partial charge on any atom is 0.303 e. The monoisotopic (exact) mass is 372 g/mol. The number of carboxylic acid groups (broad SMARTS) is 1. The van der Waals surface area contributed by atoms with Gasteiger partial charge in [-0.25, -0.2) is 4.39 Å². The summed E-state index contributed by atoms with van der Waals surface area (Å²) in [6.07, 6.45) is 2.27. The van der Waals surface area contributed by atoms with Crippen molar-refractivity contribution in [2.75, 3.05) is 0 Å². The Bertz CT molecular complexity index is 749. The SMILES string of the molecule is CC(=O)CCC(=O)c1ccc(F)cc1.Cc1ccc(CCCC(=O)O)cc1. The Hall–Kier alpha value is -2.82. The van der Waals surface area contributed by atoms with Gasteiger partial charge in [0.15, 0.2) is 5.78 Å². The molecule has 0 aromatic heterocycles. The maximum atomic E-state index is 12.5. The van der Waals surface area contributed by atoms with E-state index in [1.54, 1.807) is 0 Å². The van der Waals surface area contributed by atoms with E-state index in [4.69, 9.17) is 5.11 Å². The van der Waals surface area contributed by atoms with E-state index in [2.05, 4.69) is 24.3 Å². The molecule has 0 unspecified atom stereocenters. The highest BCUT2D eigenvalue weighted by atomic mass is 19.1. The van der Waals surface area contributed by atoms with Crippen molar-refractivity contribution in [3.8, 4) is 0 Å². The number of carbonyl (C=O) groups excluding carboxylic acids is 2. The van der Waals surface area contributed by atoms with Gasteiger partial charge in [-0.15, -0.1) is 0 Å². The van der Waals surface area contributed by atoms with Crippen LogP contribution in [-0.4, -0.2) is 22.6 Å². The minimum Gasteiger partial charge on any atom is -0.481 e. The lowest BCUT2D eigenvalue weighted by Gasteiger charge is -1.99. The molecule has 0 bridgehead atoms. The number of aryl methyl sites for hydroxylation is 2. The van der Waals surface area contributed by atoms with Crippen molar-refractivity contribution >= 4 is 17.5 Å². The molecule has 0 aliphatic rings. The molecule has 0 saturated carbocycles. The molecule has 27 heavy (non-hydrogen) atoms. The molecule has 0 spiro atoms. The van der Waals surface area contributed by atoms with E-state index >= 15 is 0 Å². The van der Waals surface area contributed by atoms with Gasteiger partial charge < -0.3 is 9.90 Å². The fourth-order valence-corrected chi connectivity index (χ4v) is 2.27. The molecular formula is C22H25FO4. The number of hydrogen-bond acceptors (Lipinski definition) is 3. The molecule has 0 atom stereocenters. The average Bonchev–Trinajstić information content (AvgIpc) is 2.62. The van der Waals surface area contributed by atoms with E-state index in [1.165, 1.54) is 42.3 Å². The van der Waals surface area contributed by atoms with Crippen LogP contribution in [-0.2, 0) is 16.0 Å². The molecule has 0 heterocycles. The van der Waals surface area contributed by atoms with E-state index < -0.39 is 5.97 Å². The summed E-state index contributed by atoms with van der Waals surface area (Å²) in [5.74, 6) is -1.22. The third-order valence-electron chi connectivity index (χ3n) is 3.85. The summed E-state index contributed by atoms with van der Waals surface area (Å²) >= 11 is 0. The Balaban J connectivity index is 0.000000271. The Labute approximate surface area is 159 Å². The Morgan fingerprint density at radius 1 is 0.889 bits per heavy atom. The van der Waals surface area contributed by atoms with E-state index in [1.807, 2.05) is 6.92 Å². The van der Waals surface area contributed by atoms with Gasteiger partial charge in [-0.3, -0.25) is 9.59 Å². The van der Waals surface area contributed by atoms with Crippen LogP contribution in [0.1, 0.15) is 54.1 Å². The number of ketones is 2. The molecule has 2 aromatic carbocycles. The molecule has 0 aliphatic carbocycles. The Morgan fingerprint density at radius 3 is 2.00 bits per heavy atom. The number of benzene rings is 2. The number of rotatable bonds is 8. The lowest BCUT2D eigenvalue weighted by Crippen LogP contribution is -2.02. The van der Waals surface area contributed by atoms with Crippen LogP contribution in [0.2, 0.25) is 0 Å². The van der Waals surface area contributed by atoms with Crippen molar-refractivity contribution in [3.05, 3.63) is 71.0 Å². The number of Topliss-reactive ketones (excluding diaryl/α,β-unsaturated/α-hetero) is 2. The second-order valence-corrected chi connectivity index (χ2v) is 6.36. The van der Waals surface area contributed by atoms with Crippen LogP contribution in [0.25, 0.3) is 0 Å². The first-order valence-electron chi connectivity index (χ1n) is 8.83. The molecule has 2 aromatic rings. The van der Waals surface area contributed by atoms with Crippen molar-refractivity contribution in [2.24, 2.45) is 0 Å². The van der Waals surface area contributed by atoms with Crippen LogP contribution >= 0.6 is 0 Å². The topological polar surface area (TPSA) is 71.4 Å². The number of carbonyl (C=O) groups is 3. The number of halogens is 1. The van der Waals surface area contributed by atoms with Crippen molar-refractivity contribution in [1.82, 2.24) is 0 Å². The maximum absolute atomic E-state index is 12.5. The Kier molecular flexibility index (Phi) is 9.65. The number of hydrogen-bond donors (Lipinski definition) is 1. The molecular weight excluding hydrogens is 347 g/mol. The molecule has 0 fully saturated rings. The summed E-state index contributed by atoms with van der Waals surface area (Å²) < 4.78 is 12.5. The molecule has 5 heteroatoms. The largest absolute Gasteiger partial charge is 0.481 e. The summed E-state index contributed by atoms with van der Waals surface area (Å²) in [6, 6.07) is 13.5. The summed E-state index contributed by atoms with van der Waals surface area (Å²) in [6.45, 7) is 3.49. The quantitative estimate of drug-likeness (QED) is 0.677. The van der Waals surface area contributed by atoms with Crippen molar-refractivity contribution in [1.29, 1.82) is 0 Å². The molecule has 144 valence electrons. The normalized spacial score (nSPS) is 9.89. The molecule has 2 rings (SSSR count). The first-order valence-corrected chi connectivity index (χ1v) is 8.83. The van der Waals surface area contributed by atoms with Gasteiger partial charge in [-0.05, 0) is 56.5 Å². The van der Waals surface area contributed by atoms with E-state index in [0.717, 1.165) is 12.8 Å². The summed E-state index contributed by atoms with van der Waals surface area (Å²) in [4.78, 5) is 32.3. The van der Waals surface area contributed by atoms with Crippen molar-refractivity contribution in [2.45, 2.75) is 46.0 Å². The van der Waals surface area contributed by atoms with Crippen LogP contribution in [0.3, 0.4) is 0 Å². The second kappa shape index (κ2) is 11.7. The van der Waals surface area contributed by atoms with Gasteiger partial charge in [-0.1, -0.05) is 29.8 Å². The third-order valence-corrected chi connectivity index (χ3v) is 3.85. The molecule has 0 amide bonds. The fraction of sp³-hybridized carbons (Fsp3) is 0.318. The highest BCUT2D eigenvalue weighted by Gasteiger charge is 2.06. The average molecular weight is 372 g/mol. The third kappa shape index (κ3) is 10.0.